The molecule has 1 aromatic carbocycles. The number of unbranched alkanes of at least 4 members (excludes halogenated alkanes) is 1. The molecular formula is C34H50N4O9. The number of amides is 3. The second-order valence-electron chi connectivity index (χ2n) is 13.9. The van der Waals surface area contributed by atoms with Gasteiger partial charge in [0.25, 0.3) is 0 Å². The van der Waals surface area contributed by atoms with E-state index in [1.807, 2.05) is 0 Å². The Morgan fingerprint density at radius 1 is 0.766 bits per heavy atom. The number of aromatic nitrogens is 1. The first kappa shape index (κ1) is 38.8. The minimum Gasteiger partial charge on any atom is -0.490 e. The Hall–Kier alpha value is -4.39. The standard InChI is InChI=1S/C34H50N4O9/c1-32(2,3)45-29(41)26(39)21-44-24-16-13-22(14-17-24)23-15-18-27(36-20-23)38-28(40)25(37-31(43)47-34(7,8)9)12-10-11-19-35-30(42)46-33(4,5)6/h13-18,20,25-26,39H,10-12,19,21H2,1-9H3,(H,35,42)(H,37,43)(H,36,38,40)/t25-,26+/m0/s1. The van der Waals surface area contributed by atoms with Gasteiger partial charge in [-0.3, -0.25) is 4.79 Å². The Kier molecular flexibility index (Phi) is 14.0. The number of carbonyl (C=O) groups excluding carboxylic acids is 4. The zero-order valence-electron chi connectivity index (χ0n) is 28.9. The molecule has 0 saturated carbocycles. The molecule has 260 valence electrons. The van der Waals surface area contributed by atoms with Crippen LogP contribution in [-0.4, -0.2) is 76.3 Å². The molecule has 1 aromatic heterocycles. The van der Waals surface area contributed by atoms with Gasteiger partial charge in [0.1, 0.15) is 41.0 Å². The van der Waals surface area contributed by atoms with Crippen LogP contribution in [-0.2, 0) is 23.8 Å². The zero-order valence-corrected chi connectivity index (χ0v) is 28.9. The van der Waals surface area contributed by atoms with E-state index >= 15 is 0 Å². The highest BCUT2D eigenvalue weighted by Crippen LogP contribution is 2.23. The largest absolute Gasteiger partial charge is 0.490 e. The molecule has 0 aliphatic heterocycles. The van der Waals surface area contributed by atoms with Gasteiger partial charge >= 0.3 is 18.2 Å². The van der Waals surface area contributed by atoms with E-state index in [2.05, 4.69) is 20.9 Å². The van der Waals surface area contributed by atoms with Crippen molar-refractivity contribution in [3.8, 4) is 16.9 Å². The van der Waals surface area contributed by atoms with Crippen LogP contribution in [0.2, 0.25) is 0 Å². The Morgan fingerprint density at radius 2 is 1.34 bits per heavy atom. The lowest BCUT2D eigenvalue weighted by Gasteiger charge is -2.23. The summed E-state index contributed by atoms with van der Waals surface area (Å²) in [4.78, 5) is 53.8. The fourth-order valence-corrected chi connectivity index (χ4v) is 3.91. The Bertz CT molecular complexity index is 1330. The molecule has 13 heteroatoms. The van der Waals surface area contributed by atoms with Crippen LogP contribution in [0.15, 0.2) is 42.6 Å². The topological polar surface area (TPSA) is 174 Å². The molecule has 47 heavy (non-hydrogen) atoms. The average Bonchev–Trinajstić information content (AvgIpc) is 2.93. The number of esters is 1. The lowest BCUT2D eigenvalue weighted by molar-refractivity contribution is -0.166. The van der Waals surface area contributed by atoms with Gasteiger partial charge in [-0.2, -0.15) is 0 Å². The third-order valence-electron chi connectivity index (χ3n) is 5.88. The van der Waals surface area contributed by atoms with Gasteiger partial charge in [0, 0.05) is 18.3 Å². The first-order valence-electron chi connectivity index (χ1n) is 15.6. The highest BCUT2D eigenvalue weighted by atomic mass is 16.6. The van der Waals surface area contributed by atoms with Crippen molar-refractivity contribution in [2.24, 2.45) is 0 Å². The molecule has 1 heterocycles. The van der Waals surface area contributed by atoms with Crippen molar-refractivity contribution in [1.29, 1.82) is 0 Å². The summed E-state index contributed by atoms with van der Waals surface area (Å²) in [6.07, 6.45) is 0.308. The number of nitrogens with zero attached hydrogens (tertiary/aromatic N) is 1. The van der Waals surface area contributed by atoms with Gasteiger partial charge < -0.3 is 40.0 Å². The van der Waals surface area contributed by atoms with Crippen molar-refractivity contribution in [3.63, 3.8) is 0 Å². The van der Waals surface area contributed by atoms with Crippen LogP contribution in [0, 0.1) is 0 Å². The Balaban J connectivity index is 1.97. The van der Waals surface area contributed by atoms with Crippen LogP contribution < -0.4 is 20.7 Å². The SMILES string of the molecule is CC(C)(C)OC(=O)NCCCC[C@H](NC(=O)OC(C)(C)C)C(=O)Nc1ccc(-c2ccc(OC[C@@H](O)C(=O)OC(C)(C)C)cc2)cn1. The van der Waals surface area contributed by atoms with E-state index < -0.39 is 53.0 Å². The number of benzene rings is 1. The average molecular weight is 659 g/mol. The quantitative estimate of drug-likeness (QED) is 0.125. The molecule has 0 fully saturated rings. The maximum Gasteiger partial charge on any atom is 0.408 e. The van der Waals surface area contributed by atoms with Crippen LogP contribution >= 0.6 is 0 Å². The summed E-state index contributed by atoms with van der Waals surface area (Å²) in [6.45, 7) is 15.8. The monoisotopic (exact) mass is 658 g/mol. The van der Waals surface area contributed by atoms with Crippen molar-refractivity contribution < 1.29 is 43.2 Å². The highest BCUT2D eigenvalue weighted by Gasteiger charge is 2.25. The molecular weight excluding hydrogens is 608 g/mol. The summed E-state index contributed by atoms with van der Waals surface area (Å²) in [6, 6.07) is 9.50. The number of carbonyl (C=O) groups is 4. The zero-order chi connectivity index (χ0) is 35.4. The van der Waals surface area contributed by atoms with E-state index in [0.717, 1.165) is 11.1 Å². The van der Waals surface area contributed by atoms with Crippen molar-refractivity contribution in [3.05, 3.63) is 42.6 Å². The number of aliphatic hydroxyl groups is 1. The molecule has 0 aliphatic rings. The van der Waals surface area contributed by atoms with Gasteiger partial charge in [-0.1, -0.05) is 12.1 Å². The first-order valence-corrected chi connectivity index (χ1v) is 15.6. The maximum atomic E-state index is 13.2. The smallest absolute Gasteiger partial charge is 0.408 e. The van der Waals surface area contributed by atoms with Crippen molar-refractivity contribution >= 4 is 29.9 Å². The molecule has 4 N–H and O–H groups in total. The van der Waals surface area contributed by atoms with E-state index in [9.17, 15) is 24.3 Å². The van der Waals surface area contributed by atoms with Gasteiger partial charge in [0.15, 0.2) is 6.10 Å². The third-order valence-corrected chi connectivity index (χ3v) is 5.88. The fraction of sp³-hybridized carbons (Fsp3) is 0.559. The second-order valence-corrected chi connectivity index (χ2v) is 13.9. The van der Waals surface area contributed by atoms with Crippen molar-refractivity contribution in [2.45, 2.75) is 111 Å². The maximum absolute atomic E-state index is 13.2. The summed E-state index contributed by atoms with van der Waals surface area (Å²) in [5, 5.41) is 18.1. The van der Waals surface area contributed by atoms with E-state index in [-0.39, 0.29) is 12.4 Å². The van der Waals surface area contributed by atoms with E-state index in [4.69, 9.17) is 18.9 Å². The molecule has 3 amide bonds. The van der Waals surface area contributed by atoms with Crippen LogP contribution in [0.25, 0.3) is 11.1 Å². The molecule has 0 aliphatic carbocycles. The van der Waals surface area contributed by atoms with Crippen LogP contribution in [0.4, 0.5) is 15.4 Å². The summed E-state index contributed by atoms with van der Waals surface area (Å²) >= 11 is 0. The minimum absolute atomic E-state index is 0.253. The van der Waals surface area contributed by atoms with Crippen LogP contribution in [0.5, 0.6) is 5.75 Å². The minimum atomic E-state index is -1.42. The van der Waals surface area contributed by atoms with Gasteiger partial charge in [-0.15, -0.1) is 0 Å². The normalized spacial score (nSPS) is 13.1. The summed E-state index contributed by atoms with van der Waals surface area (Å²) in [7, 11) is 0. The Labute approximate surface area is 277 Å². The van der Waals surface area contributed by atoms with Crippen LogP contribution in [0.1, 0.15) is 81.6 Å². The summed E-state index contributed by atoms with van der Waals surface area (Å²) < 4.78 is 21.2. The molecule has 2 aromatic rings. The number of aliphatic hydroxyl groups excluding tert-OH is 1. The van der Waals surface area contributed by atoms with Crippen molar-refractivity contribution in [1.82, 2.24) is 15.6 Å². The summed E-state index contributed by atoms with van der Waals surface area (Å²) in [5.74, 6) is -0.479. The van der Waals surface area contributed by atoms with Gasteiger partial charge in [0.05, 0.1) is 0 Å². The fourth-order valence-electron chi connectivity index (χ4n) is 3.91. The predicted octanol–water partition coefficient (Wildman–Crippen LogP) is 5.36. The third kappa shape index (κ3) is 16.1. The lowest BCUT2D eigenvalue weighted by Crippen LogP contribution is -2.46. The molecule has 2 rings (SSSR count). The number of ether oxygens (including phenoxy) is 4. The summed E-state index contributed by atoms with van der Waals surface area (Å²) in [5.41, 5.74) is -0.475. The first-order chi connectivity index (χ1) is 21.7. The van der Waals surface area contributed by atoms with Gasteiger partial charge in [-0.25, -0.2) is 19.4 Å². The highest BCUT2D eigenvalue weighted by molar-refractivity contribution is 5.96. The molecule has 0 bridgehead atoms. The van der Waals surface area contributed by atoms with Gasteiger partial charge in [0.2, 0.25) is 5.91 Å². The lowest BCUT2D eigenvalue weighted by atomic mass is 10.1. The molecule has 13 nitrogen and oxygen atoms in total. The number of anilines is 1. The van der Waals surface area contributed by atoms with Crippen molar-refractivity contribution in [2.75, 3.05) is 18.5 Å². The molecule has 0 radical (unpaired) electrons. The van der Waals surface area contributed by atoms with E-state index in [0.29, 0.717) is 31.6 Å². The van der Waals surface area contributed by atoms with Gasteiger partial charge in [-0.05, 0) is 111 Å². The number of nitrogens with one attached hydrogen (secondary N) is 3. The Morgan fingerprint density at radius 3 is 1.89 bits per heavy atom. The molecule has 0 spiro atoms. The number of pyridine rings is 1. The molecule has 2 atom stereocenters. The predicted molar refractivity (Wildman–Crippen MR) is 177 cm³/mol. The number of rotatable bonds is 13. The second kappa shape index (κ2) is 17.0. The number of hydrogen-bond donors (Lipinski definition) is 4. The number of hydrogen-bond acceptors (Lipinski definition) is 10. The van der Waals surface area contributed by atoms with E-state index in [1.54, 1.807) is 105 Å². The number of alkyl carbamates (subject to hydrolysis) is 2. The van der Waals surface area contributed by atoms with Crippen LogP contribution in [0.3, 0.4) is 0 Å². The van der Waals surface area contributed by atoms with E-state index in [1.165, 1.54) is 0 Å². The molecule has 0 saturated heterocycles. The molecule has 0 unspecified atom stereocenters.